The number of methoxy groups -OCH3 is 3. The van der Waals surface area contributed by atoms with Crippen molar-refractivity contribution in [3.63, 3.8) is 0 Å². The summed E-state index contributed by atoms with van der Waals surface area (Å²) in [5.41, 5.74) is 1.84. The third kappa shape index (κ3) is 6.34. The Morgan fingerprint density at radius 2 is 1.69 bits per heavy atom. The minimum atomic E-state index is -4.47. The molecule has 0 radical (unpaired) electrons. The summed E-state index contributed by atoms with van der Waals surface area (Å²) < 4.78 is 59.8. The minimum absolute atomic E-state index is 0.179. The van der Waals surface area contributed by atoms with Crippen molar-refractivity contribution in [3.05, 3.63) is 65.4 Å². The second-order valence-electron chi connectivity index (χ2n) is 7.17. The molecule has 1 heterocycles. The molecule has 2 N–H and O–H groups in total. The van der Waals surface area contributed by atoms with Gasteiger partial charge in [-0.2, -0.15) is 18.3 Å². The number of hydrazone groups is 1. The van der Waals surface area contributed by atoms with Crippen LogP contribution < -0.4 is 25.0 Å². The fourth-order valence-electron chi connectivity index (χ4n) is 3.11. The van der Waals surface area contributed by atoms with E-state index in [9.17, 15) is 22.8 Å². The Morgan fingerprint density at radius 1 is 1.00 bits per heavy atom. The van der Waals surface area contributed by atoms with E-state index in [0.717, 1.165) is 12.1 Å². The van der Waals surface area contributed by atoms with Crippen molar-refractivity contribution in [1.29, 1.82) is 0 Å². The molecule has 0 fully saturated rings. The topological polar surface area (TPSA) is 111 Å². The number of carbonyl (C=O) groups excluding carboxylic acids is 2. The summed E-state index contributed by atoms with van der Waals surface area (Å²) in [4.78, 5) is 24.5. The van der Waals surface area contributed by atoms with E-state index in [1.165, 1.54) is 63.9 Å². The molecule has 9 nitrogen and oxygen atoms in total. The molecule has 36 heavy (non-hydrogen) atoms. The number of hydrogen-bond acceptors (Lipinski definition) is 7. The average molecular weight is 505 g/mol. The standard InChI is InChI=1S/C24H22F3N3O6/c1-33-19-10-15(11-20(34-2)22(19)35-3)23(32)28-13-21(31)30-29-12-17-7-8-18(36-17)14-5-4-6-16(9-14)24(25,26)27/h4-12H,13H2,1-3H3,(H,28,32)(H,30,31)/b29-12+. The van der Waals surface area contributed by atoms with Crippen LogP contribution in [0.3, 0.4) is 0 Å². The molecule has 0 spiro atoms. The van der Waals surface area contributed by atoms with Crippen molar-refractivity contribution in [1.82, 2.24) is 10.7 Å². The highest BCUT2D eigenvalue weighted by molar-refractivity contribution is 5.97. The molecular formula is C24H22F3N3O6. The molecule has 3 aromatic rings. The van der Waals surface area contributed by atoms with Crippen LogP contribution in [0.15, 0.2) is 58.0 Å². The third-order valence-electron chi connectivity index (χ3n) is 4.82. The van der Waals surface area contributed by atoms with Crippen LogP contribution in [0.25, 0.3) is 11.3 Å². The van der Waals surface area contributed by atoms with E-state index in [0.29, 0.717) is 5.75 Å². The fraction of sp³-hybridized carbons (Fsp3) is 0.208. The first-order valence-corrected chi connectivity index (χ1v) is 10.3. The van der Waals surface area contributed by atoms with Crippen LogP contribution in [0, 0.1) is 0 Å². The number of alkyl halides is 3. The Hall–Kier alpha value is -4.48. The molecule has 2 aromatic carbocycles. The number of furan rings is 1. The van der Waals surface area contributed by atoms with Crippen molar-refractivity contribution in [3.8, 4) is 28.6 Å². The number of amides is 2. The number of ether oxygens (including phenoxy) is 3. The van der Waals surface area contributed by atoms with E-state index in [1.807, 2.05) is 0 Å². The molecule has 0 aliphatic rings. The van der Waals surface area contributed by atoms with Gasteiger partial charge in [-0.1, -0.05) is 12.1 Å². The molecule has 0 bridgehead atoms. The molecule has 3 rings (SSSR count). The van der Waals surface area contributed by atoms with Gasteiger partial charge in [0.15, 0.2) is 11.5 Å². The number of halogens is 3. The second kappa shape index (κ2) is 11.3. The minimum Gasteiger partial charge on any atom is -0.493 e. The lowest BCUT2D eigenvalue weighted by Crippen LogP contribution is -2.34. The molecule has 0 aliphatic carbocycles. The summed E-state index contributed by atoms with van der Waals surface area (Å²) in [5.74, 6) is 0.0771. The van der Waals surface area contributed by atoms with Crippen molar-refractivity contribution in [2.45, 2.75) is 6.18 Å². The molecule has 0 unspecified atom stereocenters. The molecule has 0 aliphatic heterocycles. The molecule has 0 atom stereocenters. The number of nitrogens with zero attached hydrogens (tertiary/aromatic N) is 1. The largest absolute Gasteiger partial charge is 0.493 e. The molecule has 190 valence electrons. The van der Waals surface area contributed by atoms with Gasteiger partial charge in [-0.15, -0.1) is 0 Å². The van der Waals surface area contributed by atoms with Crippen LogP contribution in [0.1, 0.15) is 21.7 Å². The Balaban J connectivity index is 1.56. The van der Waals surface area contributed by atoms with Gasteiger partial charge in [-0.3, -0.25) is 9.59 Å². The number of carbonyl (C=O) groups is 2. The Labute approximate surface area is 203 Å². The fourth-order valence-corrected chi connectivity index (χ4v) is 3.11. The second-order valence-corrected chi connectivity index (χ2v) is 7.17. The van der Waals surface area contributed by atoms with E-state index in [2.05, 4.69) is 15.8 Å². The number of hydrogen-bond donors (Lipinski definition) is 2. The van der Waals surface area contributed by atoms with Crippen LogP contribution in [-0.4, -0.2) is 45.9 Å². The first-order valence-electron chi connectivity index (χ1n) is 10.3. The van der Waals surface area contributed by atoms with E-state index in [-0.39, 0.29) is 40.7 Å². The number of rotatable bonds is 9. The number of nitrogens with one attached hydrogen (secondary N) is 2. The predicted octanol–water partition coefficient (Wildman–Crippen LogP) is 3.87. The molecule has 2 amide bonds. The van der Waals surface area contributed by atoms with Crippen molar-refractivity contribution >= 4 is 18.0 Å². The van der Waals surface area contributed by atoms with Crippen molar-refractivity contribution < 1.29 is 41.4 Å². The Bertz CT molecular complexity index is 1240. The van der Waals surface area contributed by atoms with Gasteiger partial charge in [0.2, 0.25) is 5.75 Å². The Kier molecular flexibility index (Phi) is 8.20. The smallest absolute Gasteiger partial charge is 0.416 e. The molecular weight excluding hydrogens is 483 g/mol. The van der Waals surface area contributed by atoms with Crippen LogP contribution >= 0.6 is 0 Å². The first kappa shape index (κ1) is 26.1. The molecule has 0 saturated heterocycles. The quantitative estimate of drug-likeness (QED) is 0.337. The van der Waals surface area contributed by atoms with E-state index < -0.39 is 23.6 Å². The van der Waals surface area contributed by atoms with Gasteiger partial charge in [-0.25, -0.2) is 5.43 Å². The van der Waals surface area contributed by atoms with Gasteiger partial charge in [-0.05, 0) is 36.4 Å². The lowest BCUT2D eigenvalue weighted by atomic mass is 10.1. The van der Waals surface area contributed by atoms with Gasteiger partial charge >= 0.3 is 6.18 Å². The van der Waals surface area contributed by atoms with Crippen molar-refractivity contribution in [2.75, 3.05) is 27.9 Å². The summed E-state index contributed by atoms with van der Waals surface area (Å²) in [7, 11) is 4.25. The number of benzene rings is 2. The first-order chi connectivity index (χ1) is 17.2. The zero-order valence-electron chi connectivity index (χ0n) is 19.4. The summed E-state index contributed by atoms with van der Waals surface area (Å²) in [6, 6.07) is 10.5. The molecule has 0 saturated carbocycles. The highest BCUT2D eigenvalue weighted by Gasteiger charge is 2.30. The van der Waals surface area contributed by atoms with Gasteiger partial charge < -0.3 is 23.9 Å². The SMILES string of the molecule is COc1cc(C(=O)NCC(=O)N/N=C/c2ccc(-c3cccc(C(F)(F)F)c3)o2)cc(OC)c1OC. The van der Waals surface area contributed by atoms with Gasteiger partial charge in [0, 0.05) is 11.1 Å². The van der Waals surface area contributed by atoms with Crippen LogP contribution in [-0.2, 0) is 11.0 Å². The summed E-state index contributed by atoms with van der Waals surface area (Å²) >= 11 is 0. The predicted molar refractivity (Wildman–Crippen MR) is 123 cm³/mol. The lowest BCUT2D eigenvalue weighted by molar-refractivity contribution is -0.137. The average Bonchev–Trinajstić information content (AvgIpc) is 3.34. The van der Waals surface area contributed by atoms with Crippen LogP contribution in [0.2, 0.25) is 0 Å². The maximum Gasteiger partial charge on any atom is 0.416 e. The Morgan fingerprint density at radius 3 is 2.31 bits per heavy atom. The highest BCUT2D eigenvalue weighted by atomic mass is 19.4. The molecule has 12 heteroatoms. The highest BCUT2D eigenvalue weighted by Crippen LogP contribution is 2.38. The summed E-state index contributed by atoms with van der Waals surface area (Å²) in [5, 5.41) is 6.17. The van der Waals surface area contributed by atoms with Gasteiger partial charge in [0.05, 0.1) is 39.7 Å². The zero-order chi connectivity index (χ0) is 26.3. The van der Waals surface area contributed by atoms with E-state index in [1.54, 1.807) is 0 Å². The van der Waals surface area contributed by atoms with E-state index >= 15 is 0 Å². The maximum absolute atomic E-state index is 12.9. The zero-order valence-corrected chi connectivity index (χ0v) is 19.4. The van der Waals surface area contributed by atoms with Crippen molar-refractivity contribution in [2.24, 2.45) is 5.10 Å². The van der Waals surface area contributed by atoms with Gasteiger partial charge in [0.25, 0.3) is 11.8 Å². The van der Waals surface area contributed by atoms with E-state index in [4.69, 9.17) is 18.6 Å². The normalized spacial score (nSPS) is 11.3. The third-order valence-corrected chi connectivity index (χ3v) is 4.82. The maximum atomic E-state index is 12.9. The summed E-state index contributed by atoms with van der Waals surface area (Å²) in [6.07, 6.45) is -3.30. The van der Waals surface area contributed by atoms with Crippen LogP contribution in [0.4, 0.5) is 13.2 Å². The van der Waals surface area contributed by atoms with Gasteiger partial charge in [0.1, 0.15) is 11.5 Å². The molecule has 1 aromatic heterocycles. The lowest BCUT2D eigenvalue weighted by Gasteiger charge is -2.14. The van der Waals surface area contributed by atoms with Crippen LogP contribution in [0.5, 0.6) is 17.2 Å². The summed E-state index contributed by atoms with van der Waals surface area (Å²) in [6.45, 7) is -0.388. The monoisotopic (exact) mass is 505 g/mol.